The van der Waals surface area contributed by atoms with Gasteiger partial charge in [-0.2, -0.15) is 0 Å². The van der Waals surface area contributed by atoms with Gasteiger partial charge in [0, 0.05) is 32.1 Å². The maximum Gasteiger partial charge on any atom is 0.225 e. The molecule has 0 spiro atoms. The highest BCUT2D eigenvalue weighted by atomic mass is 16.3. The van der Waals surface area contributed by atoms with Gasteiger partial charge in [-0.3, -0.25) is 9.69 Å². The van der Waals surface area contributed by atoms with E-state index in [4.69, 9.17) is 4.42 Å². The molecule has 0 N–H and O–H groups in total. The lowest BCUT2D eigenvalue weighted by atomic mass is 10.1. The van der Waals surface area contributed by atoms with Crippen LogP contribution in [0.2, 0.25) is 0 Å². The normalized spacial score (nSPS) is 22.0. The first-order chi connectivity index (χ1) is 9.33. The van der Waals surface area contributed by atoms with Crippen molar-refractivity contribution in [2.75, 3.05) is 26.2 Å². The van der Waals surface area contributed by atoms with E-state index in [2.05, 4.69) is 9.80 Å². The van der Waals surface area contributed by atoms with E-state index in [0.29, 0.717) is 11.8 Å². The van der Waals surface area contributed by atoms with Crippen molar-refractivity contribution in [3.8, 4) is 0 Å². The van der Waals surface area contributed by atoms with Crippen molar-refractivity contribution < 1.29 is 9.21 Å². The molecule has 0 aromatic carbocycles. The molecule has 0 radical (unpaired) electrons. The van der Waals surface area contributed by atoms with Gasteiger partial charge in [-0.05, 0) is 25.0 Å². The quantitative estimate of drug-likeness (QED) is 0.837. The van der Waals surface area contributed by atoms with Crippen LogP contribution in [0.5, 0.6) is 0 Å². The number of carbonyl (C=O) groups is 1. The topological polar surface area (TPSA) is 36.7 Å². The average Bonchev–Trinajstić information content (AvgIpc) is 3.12. The minimum absolute atomic E-state index is 0.316. The summed E-state index contributed by atoms with van der Waals surface area (Å²) in [6.45, 7) is 4.52. The number of hydrogen-bond acceptors (Lipinski definition) is 3. The number of piperazine rings is 1. The van der Waals surface area contributed by atoms with Crippen molar-refractivity contribution in [2.45, 2.75) is 32.2 Å². The van der Waals surface area contributed by atoms with Crippen LogP contribution < -0.4 is 0 Å². The van der Waals surface area contributed by atoms with Crippen LogP contribution in [0.3, 0.4) is 0 Å². The zero-order valence-corrected chi connectivity index (χ0v) is 11.4. The first-order valence-electron chi connectivity index (χ1n) is 7.36. The fourth-order valence-corrected chi connectivity index (χ4v) is 3.18. The van der Waals surface area contributed by atoms with Crippen molar-refractivity contribution >= 4 is 5.91 Å². The van der Waals surface area contributed by atoms with Crippen LogP contribution in [0.4, 0.5) is 0 Å². The highest BCUT2D eigenvalue weighted by molar-refractivity contribution is 5.79. The molecule has 1 saturated heterocycles. The molecule has 2 heterocycles. The molecule has 2 aliphatic rings. The fraction of sp³-hybridized carbons (Fsp3) is 0.667. The lowest BCUT2D eigenvalue weighted by molar-refractivity contribution is -0.137. The van der Waals surface area contributed by atoms with E-state index >= 15 is 0 Å². The molecule has 1 saturated carbocycles. The Morgan fingerprint density at radius 2 is 1.95 bits per heavy atom. The summed E-state index contributed by atoms with van der Waals surface area (Å²) >= 11 is 0. The van der Waals surface area contributed by atoms with Gasteiger partial charge in [-0.1, -0.05) is 12.8 Å². The minimum Gasteiger partial charge on any atom is -0.468 e. The molecular formula is C15H22N2O2. The van der Waals surface area contributed by atoms with Gasteiger partial charge in [0.25, 0.3) is 0 Å². The zero-order chi connectivity index (χ0) is 13.1. The predicted octanol–water partition coefficient (Wildman–Crippen LogP) is 2.11. The Morgan fingerprint density at radius 1 is 1.21 bits per heavy atom. The Morgan fingerprint density at radius 3 is 2.58 bits per heavy atom. The van der Waals surface area contributed by atoms with E-state index in [9.17, 15) is 4.79 Å². The fourth-order valence-electron chi connectivity index (χ4n) is 3.18. The van der Waals surface area contributed by atoms with E-state index in [1.165, 1.54) is 12.8 Å². The van der Waals surface area contributed by atoms with Crippen LogP contribution in [-0.2, 0) is 11.3 Å². The highest BCUT2D eigenvalue weighted by Gasteiger charge is 2.29. The highest BCUT2D eigenvalue weighted by Crippen LogP contribution is 2.27. The molecule has 19 heavy (non-hydrogen) atoms. The van der Waals surface area contributed by atoms with E-state index in [-0.39, 0.29) is 0 Å². The molecule has 0 bridgehead atoms. The maximum atomic E-state index is 12.3. The van der Waals surface area contributed by atoms with Gasteiger partial charge >= 0.3 is 0 Å². The number of rotatable bonds is 3. The molecular weight excluding hydrogens is 240 g/mol. The molecule has 2 fully saturated rings. The van der Waals surface area contributed by atoms with Crippen LogP contribution in [0.15, 0.2) is 22.8 Å². The molecule has 3 rings (SSSR count). The summed E-state index contributed by atoms with van der Waals surface area (Å²) in [5.74, 6) is 1.72. The van der Waals surface area contributed by atoms with Gasteiger partial charge in [0.15, 0.2) is 0 Å². The average molecular weight is 262 g/mol. The summed E-state index contributed by atoms with van der Waals surface area (Å²) in [7, 11) is 0. The first-order valence-corrected chi connectivity index (χ1v) is 7.36. The van der Waals surface area contributed by atoms with Gasteiger partial charge < -0.3 is 9.32 Å². The summed E-state index contributed by atoms with van der Waals surface area (Å²) in [4.78, 5) is 16.7. The molecule has 1 aliphatic heterocycles. The minimum atomic E-state index is 0.316. The molecule has 104 valence electrons. The SMILES string of the molecule is O=C(C1CCCC1)N1CCN(Cc2ccco2)CC1. The Hall–Kier alpha value is -1.29. The second-order valence-corrected chi connectivity index (χ2v) is 5.66. The molecule has 1 aromatic rings. The van der Waals surface area contributed by atoms with Gasteiger partial charge in [0.05, 0.1) is 12.8 Å². The lowest BCUT2D eigenvalue weighted by Crippen LogP contribution is -2.49. The van der Waals surface area contributed by atoms with Crippen LogP contribution in [-0.4, -0.2) is 41.9 Å². The number of hydrogen-bond donors (Lipinski definition) is 0. The van der Waals surface area contributed by atoms with Crippen LogP contribution in [0, 0.1) is 5.92 Å². The van der Waals surface area contributed by atoms with Gasteiger partial charge in [-0.25, -0.2) is 0 Å². The summed E-state index contributed by atoms with van der Waals surface area (Å²) in [5, 5.41) is 0. The number of nitrogens with zero attached hydrogens (tertiary/aromatic N) is 2. The van der Waals surface area contributed by atoms with E-state index < -0.39 is 0 Å². The summed E-state index contributed by atoms with van der Waals surface area (Å²) in [5.41, 5.74) is 0. The van der Waals surface area contributed by atoms with Crippen molar-refractivity contribution in [3.63, 3.8) is 0 Å². The smallest absolute Gasteiger partial charge is 0.225 e. The van der Waals surface area contributed by atoms with Gasteiger partial charge in [0.2, 0.25) is 5.91 Å². The second kappa shape index (κ2) is 5.78. The largest absolute Gasteiger partial charge is 0.468 e. The van der Waals surface area contributed by atoms with E-state index in [1.54, 1.807) is 6.26 Å². The maximum absolute atomic E-state index is 12.3. The number of furan rings is 1. The standard InChI is InChI=1S/C15H22N2O2/c18-15(13-4-1-2-5-13)17-9-7-16(8-10-17)12-14-6-3-11-19-14/h3,6,11,13H,1-2,4-5,7-10,12H2. The summed E-state index contributed by atoms with van der Waals surface area (Å²) in [6.07, 6.45) is 6.38. The Labute approximate surface area is 114 Å². The van der Waals surface area contributed by atoms with E-state index in [0.717, 1.165) is 51.3 Å². The summed E-state index contributed by atoms with van der Waals surface area (Å²) in [6, 6.07) is 3.94. The van der Waals surface area contributed by atoms with E-state index in [1.807, 2.05) is 12.1 Å². The second-order valence-electron chi connectivity index (χ2n) is 5.66. The zero-order valence-electron chi connectivity index (χ0n) is 11.4. The lowest BCUT2D eigenvalue weighted by Gasteiger charge is -2.35. The number of amides is 1. The number of carbonyl (C=O) groups excluding carboxylic acids is 1. The van der Waals surface area contributed by atoms with Crippen LogP contribution >= 0.6 is 0 Å². The Kier molecular flexibility index (Phi) is 3.87. The third-order valence-electron chi connectivity index (χ3n) is 4.35. The Balaban J connectivity index is 1.47. The predicted molar refractivity (Wildman–Crippen MR) is 72.5 cm³/mol. The van der Waals surface area contributed by atoms with Crippen molar-refractivity contribution in [1.82, 2.24) is 9.80 Å². The molecule has 1 aliphatic carbocycles. The molecule has 1 aromatic heterocycles. The third-order valence-corrected chi connectivity index (χ3v) is 4.35. The Bertz CT molecular complexity index is 402. The molecule has 4 nitrogen and oxygen atoms in total. The van der Waals surface area contributed by atoms with Crippen molar-refractivity contribution in [3.05, 3.63) is 24.2 Å². The summed E-state index contributed by atoms with van der Waals surface area (Å²) < 4.78 is 5.37. The van der Waals surface area contributed by atoms with Crippen molar-refractivity contribution in [2.24, 2.45) is 5.92 Å². The van der Waals surface area contributed by atoms with Crippen LogP contribution in [0.1, 0.15) is 31.4 Å². The molecule has 1 amide bonds. The first kappa shape index (κ1) is 12.7. The molecule has 4 heteroatoms. The third kappa shape index (κ3) is 3.00. The monoisotopic (exact) mass is 262 g/mol. The van der Waals surface area contributed by atoms with Gasteiger partial charge in [-0.15, -0.1) is 0 Å². The molecule has 0 atom stereocenters. The van der Waals surface area contributed by atoms with Gasteiger partial charge in [0.1, 0.15) is 5.76 Å². The molecule has 0 unspecified atom stereocenters. The van der Waals surface area contributed by atoms with Crippen LogP contribution in [0.25, 0.3) is 0 Å². The van der Waals surface area contributed by atoms with Crippen molar-refractivity contribution in [1.29, 1.82) is 0 Å².